The number of fused-ring (bicyclic) bond motifs is 2. The lowest BCUT2D eigenvalue weighted by molar-refractivity contribution is 0.308. The average Bonchev–Trinajstić information content (AvgIpc) is 3.03. The average molecular weight is 406 g/mol. The Morgan fingerprint density at radius 3 is 2.54 bits per heavy atom. The van der Waals surface area contributed by atoms with Crippen LogP contribution in [0.25, 0.3) is 5.76 Å². The Morgan fingerprint density at radius 1 is 1.12 bits per heavy atom. The van der Waals surface area contributed by atoms with E-state index in [2.05, 4.69) is 15.9 Å². The summed E-state index contributed by atoms with van der Waals surface area (Å²) in [7, 11) is -3.45. The summed E-state index contributed by atoms with van der Waals surface area (Å²) in [6.07, 6.45) is 1.99. The van der Waals surface area contributed by atoms with Gasteiger partial charge < -0.3 is 4.74 Å². The Morgan fingerprint density at radius 2 is 1.83 bits per heavy atom. The monoisotopic (exact) mass is 405 g/mol. The van der Waals surface area contributed by atoms with Crippen molar-refractivity contribution >= 4 is 37.4 Å². The molecule has 0 bridgehead atoms. The molecule has 0 aliphatic carbocycles. The molecule has 2 heterocycles. The van der Waals surface area contributed by atoms with Crippen molar-refractivity contribution in [1.82, 2.24) is 0 Å². The lowest BCUT2D eigenvalue weighted by atomic mass is 9.90. The first kappa shape index (κ1) is 15.7. The van der Waals surface area contributed by atoms with Gasteiger partial charge in [-0.15, -0.1) is 0 Å². The van der Waals surface area contributed by atoms with Gasteiger partial charge in [-0.25, -0.2) is 8.42 Å². The molecule has 2 aliphatic rings. The molecule has 0 fully saturated rings. The fraction of sp³-hybridized carbons (Fsp3) is 0.222. The summed E-state index contributed by atoms with van der Waals surface area (Å²) in [6.45, 7) is 0.587. The zero-order valence-corrected chi connectivity index (χ0v) is 15.5. The van der Waals surface area contributed by atoms with Crippen LogP contribution >= 0.6 is 15.9 Å². The van der Waals surface area contributed by atoms with Gasteiger partial charge in [-0.3, -0.25) is 4.31 Å². The summed E-state index contributed by atoms with van der Waals surface area (Å²) in [5, 5.41) is 0. The molecule has 124 valence electrons. The molecule has 1 unspecified atom stereocenters. The summed E-state index contributed by atoms with van der Waals surface area (Å²) in [6, 6.07) is 15.0. The maximum atomic E-state index is 12.6. The van der Waals surface area contributed by atoms with Crippen LogP contribution < -0.4 is 4.31 Å². The third-order valence-electron chi connectivity index (χ3n) is 4.40. The molecule has 1 atom stereocenters. The molecular weight excluding hydrogens is 390 g/mol. The van der Waals surface area contributed by atoms with Crippen LogP contribution in [-0.2, 0) is 14.8 Å². The summed E-state index contributed by atoms with van der Waals surface area (Å²) < 4.78 is 33.6. The van der Waals surface area contributed by atoms with Crippen LogP contribution in [0.4, 0.5) is 5.69 Å². The normalized spacial score (nSPS) is 19.8. The number of ether oxygens (including phenoxy) is 1. The molecule has 0 aromatic heterocycles. The van der Waals surface area contributed by atoms with E-state index in [9.17, 15) is 8.42 Å². The largest absolute Gasteiger partial charge is 0.492 e. The molecule has 0 saturated carbocycles. The molecule has 0 amide bonds. The number of anilines is 1. The third-order valence-corrected chi connectivity index (χ3v) is 6.05. The first-order valence-electron chi connectivity index (χ1n) is 7.67. The van der Waals surface area contributed by atoms with Gasteiger partial charge in [0.05, 0.1) is 24.6 Å². The Bertz CT molecular complexity index is 935. The number of hydrogen-bond acceptors (Lipinski definition) is 3. The van der Waals surface area contributed by atoms with E-state index in [0.717, 1.165) is 33.4 Å². The van der Waals surface area contributed by atoms with Crippen molar-refractivity contribution in [2.24, 2.45) is 0 Å². The van der Waals surface area contributed by atoms with Crippen LogP contribution in [0.15, 0.2) is 58.6 Å². The zero-order valence-electron chi connectivity index (χ0n) is 13.1. The standard InChI is InChI=1S/C18H16BrNO3S/c1-24(21,22)20-16-5-3-2-4-14(16)18-15(10-11-23-18)17(20)12-6-8-13(19)9-7-12/h2-9,17H,10-11H2,1H3. The van der Waals surface area contributed by atoms with Crippen molar-refractivity contribution in [1.29, 1.82) is 0 Å². The highest BCUT2D eigenvalue weighted by atomic mass is 79.9. The first-order chi connectivity index (χ1) is 11.5. The second-order valence-electron chi connectivity index (χ2n) is 5.98. The van der Waals surface area contributed by atoms with Crippen LogP contribution in [0.1, 0.15) is 23.6 Å². The maximum absolute atomic E-state index is 12.6. The number of para-hydroxylation sites is 1. The van der Waals surface area contributed by atoms with Gasteiger partial charge in [0.1, 0.15) is 5.76 Å². The molecule has 6 heteroatoms. The van der Waals surface area contributed by atoms with Crippen LogP contribution in [-0.4, -0.2) is 21.3 Å². The number of halogens is 1. The fourth-order valence-corrected chi connectivity index (χ4v) is 4.88. The van der Waals surface area contributed by atoms with Gasteiger partial charge in [-0.2, -0.15) is 0 Å². The van der Waals surface area contributed by atoms with Crippen LogP contribution in [0.2, 0.25) is 0 Å². The number of nitrogens with zero attached hydrogens (tertiary/aromatic N) is 1. The lowest BCUT2D eigenvalue weighted by Gasteiger charge is -2.37. The number of hydrogen-bond donors (Lipinski definition) is 0. The van der Waals surface area contributed by atoms with Gasteiger partial charge >= 0.3 is 0 Å². The minimum atomic E-state index is -3.45. The SMILES string of the molecule is CS(=O)(=O)N1c2ccccc2C2=C(CCO2)C1c1ccc(Br)cc1. The van der Waals surface area contributed by atoms with Gasteiger partial charge in [0.15, 0.2) is 0 Å². The fourth-order valence-electron chi connectivity index (χ4n) is 3.47. The number of benzene rings is 2. The van der Waals surface area contributed by atoms with E-state index >= 15 is 0 Å². The number of rotatable bonds is 2. The van der Waals surface area contributed by atoms with Crippen molar-refractivity contribution < 1.29 is 13.2 Å². The molecule has 0 N–H and O–H groups in total. The molecule has 2 aromatic carbocycles. The Labute approximate surface area is 149 Å². The van der Waals surface area contributed by atoms with Gasteiger partial charge in [-0.05, 0) is 29.8 Å². The van der Waals surface area contributed by atoms with Crippen LogP contribution in [0, 0.1) is 0 Å². The molecule has 2 aliphatic heterocycles. The molecule has 0 saturated heterocycles. The Hall–Kier alpha value is -1.79. The van der Waals surface area contributed by atoms with Crippen LogP contribution in [0.5, 0.6) is 0 Å². The molecule has 4 rings (SSSR count). The first-order valence-corrected chi connectivity index (χ1v) is 10.3. The summed E-state index contributed by atoms with van der Waals surface area (Å²) in [5.41, 5.74) is 3.50. The molecule has 0 radical (unpaired) electrons. The van der Waals surface area contributed by atoms with Crippen molar-refractivity contribution in [3.05, 3.63) is 69.7 Å². The quantitative estimate of drug-likeness (QED) is 0.755. The summed E-state index contributed by atoms with van der Waals surface area (Å²) in [4.78, 5) is 0. The van der Waals surface area contributed by atoms with Crippen LogP contribution in [0.3, 0.4) is 0 Å². The molecule has 24 heavy (non-hydrogen) atoms. The third kappa shape index (κ3) is 2.45. The smallest absolute Gasteiger partial charge is 0.233 e. The van der Waals surface area contributed by atoms with E-state index in [1.54, 1.807) is 0 Å². The second-order valence-corrected chi connectivity index (χ2v) is 8.76. The topological polar surface area (TPSA) is 46.6 Å². The Kier molecular flexibility index (Phi) is 3.69. The van der Waals surface area contributed by atoms with E-state index < -0.39 is 10.0 Å². The van der Waals surface area contributed by atoms with E-state index in [1.807, 2.05) is 48.5 Å². The lowest BCUT2D eigenvalue weighted by Crippen LogP contribution is -2.37. The van der Waals surface area contributed by atoms with E-state index in [1.165, 1.54) is 10.6 Å². The predicted octanol–water partition coefficient (Wildman–Crippen LogP) is 4.10. The minimum Gasteiger partial charge on any atom is -0.492 e. The second kappa shape index (κ2) is 5.63. The van der Waals surface area contributed by atoms with E-state index in [-0.39, 0.29) is 6.04 Å². The summed E-state index contributed by atoms with van der Waals surface area (Å²) in [5.74, 6) is 0.832. The highest BCUT2D eigenvalue weighted by Crippen LogP contribution is 2.49. The highest BCUT2D eigenvalue weighted by molar-refractivity contribution is 9.10. The van der Waals surface area contributed by atoms with E-state index in [4.69, 9.17) is 4.74 Å². The molecule has 2 aromatic rings. The van der Waals surface area contributed by atoms with Crippen molar-refractivity contribution in [2.75, 3.05) is 17.2 Å². The Balaban J connectivity index is 1.99. The minimum absolute atomic E-state index is 0.361. The molecular formula is C18H16BrNO3S. The zero-order chi connectivity index (χ0) is 16.9. The van der Waals surface area contributed by atoms with Gasteiger partial charge in [0.2, 0.25) is 10.0 Å². The van der Waals surface area contributed by atoms with Crippen molar-refractivity contribution in [3.63, 3.8) is 0 Å². The van der Waals surface area contributed by atoms with Crippen molar-refractivity contribution in [2.45, 2.75) is 12.5 Å². The van der Waals surface area contributed by atoms with Crippen molar-refractivity contribution in [3.8, 4) is 0 Å². The van der Waals surface area contributed by atoms with Gasteiger partial charge in [-0.1, -0.05) is 40.2 Å². The number of sulfonamides is 1. The summed E-state index contributed by atoms with van der Waals surface area (Å²) >= 11 is 3.44. The predicted molar refractivity (Wildman–Crippen MR) is 98.1 cm³/mol. The van der Waals surface area contributed by atoms with Gasteiger partial charge in [0.25, 0.3) is 0 Å². The molecule has 0 spiro atoms. The highest BCUT2D eigenvalue weighted by Gasteiger charge is 2.41. The molecule has 4 nitrogen and oxygen atoms in total. The maximum Gasteiger partial charge on any atom is 0.233 e. The van der Waals surface area contributed by atoms with Gasteiger partial charge in [0, 0.05) is 22.0 Å². The van der Waals surface area contributed by atoms with E-state index in [0.29, 0.717) is 12.3 Å².